The van der Waals surface area contributed by atoms with Crippen molar-refractivity contribution in [2.45, 2.75) is 136 Å². The van der Waals surface area contributed by atoms with Crippen molar-refractivity contribution in [2.75, 3.05) is 13.2 Å². The second-order valence-electron chi connectivity index (χ2n) is 16.6. The first-order valence-corrected chi connectivity index (χ1v) is 24.1. The first kappa shape index (κ1) is 49.9. The quantitative estimate of drug-likeness (QED) is 0.0144. The molecule has 0 aliphatic rings. The van der Waals surface area contributed by atoms with Crippen LogP contribution in [0.5, 0.6) is 23.0 Å². The van der Waals surface area contributed by atoms with Gasteiger partial charge in [-0.05, 0) is 128 Å². The summed E-state index contributed by atoms with van der Waals surface area (Å²) >= 11 is 0. The van der Waals surface area contributed by atoms with Crippen LogP contribution in [0.4, 0.5) is 17.1 Å². The average Bonchev–Trinajstić information content (AvgIpc) is 3.33. The number of nitrogens with zero attached hydrogens (tertiary/aromatic N) is 3. The van der Waals surface area contributed by atoms with Crippen LogP contribution in [0, 0.1) is 0 Å². The number of hydrogen-bond acceptors (Lipinski definition) is 9. The Hall–Kier alpha value is -6.09. The number of carbonyl (C=O) groups is 2. The van der Waals surface area contributed by atoms with E-state index < -0.39 is 11.9 Å². The lowest BCUT2D eigenvalue weighted by molar-refractivity contribution is 0.0730. The minimum absolute atomic E-state index is 0.315. The Labute approximate surface area is 387 Å². The number of aliphatic imine (C=N–C) groups is 1. The lowest BCUT2D eigenvalue weighted by atomic mass is 10.1. The zero-order valence-corrected chi connectivity index (χ0v) is 38.8. The van der Waals surface area contributed by atoms with Crippen molar-refractivity contribution < 1.29 is 28.5 Å². The van der Waals surface area contributed by atoms with Gasteiger partial charge in [-0.3, -0.25) is 4.99 Å². The van der Waals surface area contributed by atoms with Crippen LogP contribution in [0.3, 0.4) is 0 Å². The van der Waals surface area contributed by atoms with Gasteiger partial charge in [-0.1, -0.05) is 135 Å². The Kier molecular flexibility index (Phi) is 23.1. The SMILES string of the molecule is CCCCCCCCCCCCOc1ccc(N=Nc2ccc(N=Cc3cccc(OC(=O)c4ccc(OC(=O)c5ccc(OCCCCCCCCCCC)cc5)cc4)c3)cc2)cc1. The summed E-state index contributed by atoms with van der Waals surface area (Å²) < 4.78 is 23.0. The van der Waals surface area contributed by atoms with E-state index in [2.05, 4.69) is 29.1 Å². The van der Waals surface area contributed by atoms with Gasteiger partial charge >= 0.3 is 11.9 Å². The van der Waals surface area contributed by atoms with Crippen LogP contribution in [0.2, 0.25) is 0 Å². The summed E-state index contributed by atoms with van der Waals surface area (Å²) in [7, 11) is 0. The molecule has 5 aromatic carbocycles. The minimum atomic E-state index is -0.538. The summed E-state index contributed by atoms with van der Waals surface area (Å²) in [5.41, 5.74) is 3.68. The molecule has 0 radical (unpaired) electrons. The van der Waals surface area contributed by atoms with Crippen molar-refractivity contribution in [3.8, 4) is 23.0 Å². The second-order valence-corrected chi connectivity index (χ2v) is 16.6. The molecule has 344 valence electrons. The fourth-order valence-corrected chi connectivity index (χ4v) is 7.20. The number of carbonyl (C=O) groups excluding carboxylic acids is 2. The maximum Gasteiger partial charge on any atom is 0.343 e. The highest BCUT2D eigenvalue weighted by atomic mass is 16.5. The van der Waals surface area contributed by atoms with E-state index in [9.17, 15) is 9.59 Å². The second kappa shape index (κ2) is 30.1. The number of hydrogen-bond donors (Lipinski definition) is 0. The van der Waals surface area contributed by atoms with Crippen LogP contribution in [-0.2, 0) is 0 Å². The van der Waals surface area contributed by atoms with Gasteiger partial charge in [0.1, 0.15) is 23.0 Å². The van der Waals surface area contributed by atoms with Gasteiger partial charge < -0.3 is 18.9 Å². The van der Waals surface area contributed by atoms with Crippen LogP contribution in [0.1, 0.15) is 162 Å². The molecular weight excluding hydrogens is 811 g/mol. The number of benzene rings is 5. The van der Waals surface area contributed by atoms with Crippen molar-refractivity contribution in [3.05, 3.63) is 138 Å². The summed E-state index contributed by atoms with van der Waals surface area (Å²) in [6, 6.07) is 35.5. The Morgan fingerprint density at radius 1 is 0.415 bits per heavy atom. The molecule has 0 aliphatic carbocycles. The number of esters is 2. The molecule has 0 heterocycles. The number of ether oxygens (including phenoxy) is 4. The molecule has 5 aromatic rings. The monoisotopic (exact) mass is 880 g/mol. The van der Waals surface area contributed by atoms with Gasteiger partial charge in [0.2, 0.25) is 0 Å². The van der Waals surface area contributed by atoms with E-state index in [0.29, 0.717) is 34.9 Å². The predicted molar refractivity (Wildman–Crippen MR) is 264 cm³/mol. The Balaban J connectivity index is 0.977. The molecule has 65 heavy (non-hydrogen) atoms. The molecule has 9 heteroatoms. The fraction of sp³-hybridized carbons (Fsp3) is 0.411. The maximum atomic E-state index is 13.0. The molecule has 0 atom stereocenters. The van der Waals surface area contributed by atoms with Crippen LogP contribution in [0.25, 0.3) is 0 Å². The topological polar surface area (TPSA) is 108 Å². The van der Waals surface area contributed by atoms with Gasteiger partial charge in [0.05, 0.1) is 41.4 Å². The highest BCUT2D eigenvalue weighted by Gasteiger charge is 2.13. The molecule has 0 saturated heterocycles. The standard InChI is InChI=1S/C56H69N3O6/c1-3-5-7-9-11-13-15-17-19-21-42-63-52-39-33-50(34-40-52)59-58-49-31-29-48(30-32-49)57-44-45-23-22-24-54(43-45)65-56(61)47-27-37-53(38-28-47)64-55(60)46-25-35-51(36-26-46)62-41-20-18-16-14-12-10-8-6-4-2/h22-40,43-44H,3-21,41-42H2,1-2H3. The van der Waals surface area contributed by atoms with Gasteiger partial charge in [0.15, 0.2) is 0 Å². The van der Waals surface area contributed by atoms with Crippen molar-refractivity contribution >= 4 is 35.2 Å². The summed E-state index contributed by atoms with van der Waals surface area (Å²) in [4.78, 5) is 30.4. The molecule has 0 saturated carbocycles. The molecule has 0 aliphatic heterocycles. The Morgan fingerprint density at radius 3 is 1.28 bits per heavy atom. The molecule has 0 N–H and O–H groups in total. The van der Waals surface area contributed by atoms with E-state index in [4.69, 9.17) is 18.9 Å². The zero-order chi connectivity index (χ0) is 45.6. The van der Waals surface area contributed by atoms with E-state index in [0.717, 1.165) is 54.3 Å². The molecular formula is C56H69N3O6. The smallest absolute Gasteiger partial charge is 0.343 e. The third-order valence-electron chi connectivity index (χ3n) is 11.1. The molecule has 0 amide bonds. The largest absolute Gasteiger partial charge is 0.494 e. The van der Waals surface area contributed by atoms with E-state index in [1.165, 1.54) is 103 Å². The summed E-state index contributed by atoms with van der Waals surface area (Å²) in [6.45, 7) is 5.90. The number of azo groups is 1. The maximum absolute atomic E-state index is 13.0. The van der Waals surface area contributed by atoms with Crippen LogP contribution in [-0.4, -0.2) is 31.4 Å². The fourth-order valence-electron chi connectivity index (χ4n) is 7.20. The molecule has 5 rings (SSSR count). The molecule has 0 bridgehead atoms. The molecule has 9 nitrogen and oxygen atoms in total. The summed E-state index contributed by atoms with van der Waals surface area (Å²) in [5.74, 6) is 1.23. The van der Waals surface area contributed by atoms with Crippen LogP contribution >= 0.6 is 0 Å². The highest BCUT2D eigenvalue weighted by molar-refractivity contribution is 5.93. The van der Waals surface area contributed by atoms with Gasteiger partial charge in [-0.25, -0.2) is 9.59 Å². The van der Waals surface area contributed by atoms with Crippen molar-refractivity contribution in [1.29, 1.82) is 0 Å². The van der Waals surface area contributed by atoms with E-state index >= 15 is 0 Å². The van der Waals surface area contributed by atoms with Crippen LogP contribution < -0.4 is 18.9 Å². The third-order valence-corrected chi connectivity index (χ3v) is 11.1. The lowest BCUT2D eigenvalue weighted by Gasteiger charge is -2.08. The number of rotatable bonds is 31. The van der Waals surface area contributed by atoms with Crippen molar-refractivity contribution in [1.82, 2.24) is 0 Å². The molecule has 0 aromatic heterocycles. The van der Waals surface area contributed by atoms with Gasteiger partial charge in [0.25, 0.3) is 0 Å². The first-order valence-electron chi connectivity index (χ1n) is 24.1. The third kappa shape index (κ3) is 20.1. The van der Waals surface area contributed by atoms with E-state index in [-0.39, 0.29) is 0 Å². The minimum Gasteiger partial charge on any atom is -0.494 e. The van der Waals surface area contributed by atoms with E-state index in [1.54, 1.807) is 72.9 Å². The van der Waals surface area contributed by atoms with E-state index in [1.807, 2.05) is 54.6 Å². The molecule has 0 unspecified atom stereocenters. The van der Waals surface area contributed by atoms with Gasteiger partial charge in [-0.2, -0.15) is 10.2 Å². The zero-order valence-electron chi connectivity index (χ0n) is 38.8. The highest BCUT2D eigenvalue weighted by Crippen LogP contribution is 2.25. The first-order chi connectivity index (χ1) is 32.0. The van der Waals surface area contributed by atoms with Crippen LogP contribution in [0.15, 0.2) is 137 Å². The molecule has 0 fully saturated rings. The Bertz CT molecular complexity index is 2150. The average molecular weight is 880 g/mol. The van der Waals surface area contributed by atoms with Gasteiger partial charge in [-0.15, -0.1) is 0 Å². The Morgan fingerprint density at radius 2 is 0.800 bits per heavy atom. The summed E-state index contributed by atoms with van der Waals surface area (Å²) in [6.07, 6.45) is 26.1. The predicted octanol–water partition coefficient (Wildman–Crippen LogP) is 16.5. The van der Waals surface area contributed by atoms with Gasteiger partial charge in [0, 0.05) is 6.21 Å². The lowest BCUT2D eigenvalue weighted by Crippen LogP contribution is -2.10. The summed E-state index contributed by atoms with van der Waals surface area (Å²) in [5, 5.41) is 8.75. The normalized spacial score (nSPS) is 11.3. The molecule has 0 spiro atoms. The van der Waals surface area contributed by atoms with Crippen molar-refractivity contribution in [3.63, 3.8) is 0 Å². The number of unbranched alkanes of at least 4 members (excludes halogenated alkanes) is 17. The van der Waals surface area contributed by atoms with Crippen molar-refractivity contribution in [2.24, 2.45) is 15.2 Å².